The van der Waals surface area contributed by atoms with Gasteiger partial charge in [0.2, 0.25) is 0 Å². The van der Waals surface area contributed by atoms with Gasteiger partial charge >= 0.3 is 0 Å². The number of hydrogen-bond donors (Lipinski definition) is 2. The first-order valence-electron chi connectivity index (χ1n) is 8.91. The minimum Gasteiger partial charge on any atom is -0.388 e. The Bertz CT molecular complexity index is 606. The number of rotatable bonds is 6. The van der Waals surface area contributed by atoms with Crippen LogP contribution in [0.3, 0.4) is 0 Å². The van der Waals surface area contributed by atoms with Gasteiger partial charge in [0.05, 0.1) is 11.7 Å². The van der Waals surface area contributed by atoms with E-state index in [9.17, 15) is 10.2 Å². The number of aliphatic hydroxyl groups excluding tert-OH is 1. The molecule has 0 radical (unpaired) electrons. The standard InChI is InChI=1S/C21H27NO2/c23-20(18-8-3-1-4-9-18)12-7-15-22-16-13-21(24,14-17-22)19-10-5-2-6-11-19/h1-6,8-11,20,23-24H,7,12-17H2. The quantitative estimate of drug-likeness (QED) is 0.854. The third-order valence-corrected chi connectivity index (χ3v) is 5.13. The van der Waals surface area contributed by atoms with E-state index >= 15 is 0 Å². The summed E-state index contributed by atoms with van der Waals surface area (Å²) in [6.45, 7) is 2.80. The fraction of sp³-hybridized carbons (Fsp3) is 0.429. The second-order valence-electron chi connectivity index (χ2n) is 6.81. The summed E-state index contributed by atoms with van der Waals surface area (Å²) in [5.41, 5.74) is 1.35. The van der Waals surface area contributed by atoms with Crippen molar-refractivity contribution in [1.29, 1.82) is 0 Å². The molecule has 0 aromatic heterocycles. The van der Waals surface area contributed by atoms with E-state index < -0.39 is 5.60 Å². The average Bonchev–Trinajstić information content (AvgIpc) is 2.65. The van der Waals surface area contributed by atoms with Crippen LogP contribution in [0.4, 0.5) is 0 Å². The molecule has 0 aliphatic carbocycles. The lowest BCUT2D eigenvalue weighted by Gasteiger charge is -2.38. The highest BCUT2D eigenvalue weighted by atomic mass is 16.3. The van der Waals surface area contributed by atoms with E-state index in [0.29, 0.717) is 0 Å². The Morgan fingerprint density at radius 2 is 1.50 bits per heavy atom. The molecular formula is C21H27NO2. The normalized spacial score (nSPS) is 19.1. The molecule has 2 N–H and O–H groups in total. The minimum atomic E-state index is -0.679. The van der Waals surface area contributed by atoms with Gasteiger partial charge < -0.3 is 15.1 Å². The molecule has 2 aromatic rings. The molecule has 0 spiro atoms. The van der Waals surface area contributed by atoms with Gasteiger partial charge in [0.1, 0.15) is 0 Å². The van der Waals surface area contributed by atoms with Gasteiger partial charge in [-0.2, -0.15) is 0 Å². The number of benzene rings is 2. The predicted octanol–water partition coefficient (Wildman–Crippen LogP) is 3.48. The fourth-order valence-electron chi connectivity index (χ4n) is 3.53. The van der Waals surface area contributed by atoms with E-state index in [0.717, 1.165) is 56.4 Å². The molecule has 2 aromatic carbocycles. The maximum Gasteiger partial charge on any atom is 0.0920 e. The molecule has 1 fully saturated rings. The molecule has 1 heterocycles. The minimum absolute atomic E-state index is 0.378. The molecule has 1 saturated heterocycles. The summed E-state index contributed by atoms with van der Waals surface area (Å²) in [6, 6.07) is 19.9. The van der Waals surface area contributed by atoms with Crippen molar-refractivity contribution in [2.45, 2.75) is 37.4 Å². The van der Waals surface area contributed by atoms with E-state index in [1.165, 1.54) is 0 Å². The number of likely N-dealkylation sites (tertiary alicyclic amines) is 1. The van der Waals surface area contributed by atoms with E-state index in [1.807, 2.05) is 60.7 Å². The van der Waals surface area contributed by atoms with Crippen LogP contribution in [0, 0.1) is 0 Å². The van der Waals surface area contributed by atoms with E-state index in [-0.39, 0.29) is 6.10 Å². The van der Waals surface area contributed by atoms with Crippen molar-refractivity contribution in [2.24, 2.45) is 0 Å². The number of piperidine rings is 1. The first-order valence-corrected chi connectivity index (χ1v) is 8.91. The van der Waals surface area contributed by atoms with Crippen LogP contribution < -0.4 is 0 Å². The summed E-state index contributed by atoms with van der Waals surface area (Å²) in [5, 5.41) is 21.1. The van der Waals surface area contributed by atoms with Crippen molar-refractivity contribution in [1.82, 2.24) is 4.90 Å². The summed E-state index contributed by atoms with van der Waals surface area (Å²) < 4.78 is 0. The van der Waals surface area contributed by atoms with Crippen LogP contribution >= 0.6 is 0 Å². The van der Waals surface area contributed by atoms with Gasteiger partial charge in [-0.1, -0.05) is 60.7 Å². The van der Waals surface area contributed by atoms with Crippen LogP contribution in [0.1, 0.15) is 42.9 Å². The number of nitrogens with zero attached hydrogens (tertiary/aromatic N) is 1. The summed E-state index contributed by atoms with van der Waals surface area (Å²) in [7, 11) is 0. The number of hydrogen-bond acceptors (Lipinski definition) is 3. The molecule has 0 saturated carbocycles. The second kappa shape index (κ2) is 7.93. The van der Waals surface area contributed by atoms with Gasteiger partial charge in [-0.25, -0.2) is 0 Å². The Morgan fingerprint density at radius 3 is 2.12 bits per heavy atom. The Morgan fingerprint density at radius 1 is 0.917 bits per heavy atom. The second-order valence-corrected chi connectivity index (χ2v) is 6.81. The van der Waals surface area contributed by atoms with Crippen molar-refractivity contribution >= 4 is 0 Å². The zero-order valence-electron chi connectivity index (χ0n) is 14.1. The monoisotopic (exact) mass is 325 g/mol. The zero-order chi connectivity index (χ0) is 16.8. The molecule has 24 heavy (non-hydrogen) atoms. The van der Waals surface area contributed by atoms with Gasteiger partial charge in [0.15, 0.2) is 0 Å². The van der Waals surface area contributed by atoms with Crippen molar-refractivity contribution in [2.75, 3.05) is 19.6 Å². The smallest absolute Gasteiger partial charge is 0.0920 e. The SMILES string of the molecule is OC(CCCN1CCC(O)(c2ccccc2)CC1)c1ccccc1. The van der Waals surface area contributed by atoms with Crippen molar-refractivity contribution < 1.29 is 10.2 Å². The van der Waals surface area contributed by atoms with Crippen molar-refractivity contribution in [3.8, 4) is 0 Å². The van der Waals surface area contributed by atoms with E-state index in [4.69, 9.17) is 0 Å². The van der Waals surface area contributed by atoms with Gasteiger partial charge in [-0.15, -0.1) is 0 Å². The predicted molar refractivity (Wildman–Crippen MR) is 96.6 cm³/mol. The van der Waals surface area contributed by atoms with Crippen LogP contribution in [-0.4, -0.2) is 34.7 Å². The van der Waals surface area contributed by atoms with Crippen LogP contribution in [0.5, 0.6) is 0 Å². The Hall–Kier alpha value is -1.68. The number of aliphatic hydroxyl groups is 2. The molecule has 0 amide bonds. The van der Waals surface area contributed by atoms with Gasteiger partial charge in [0, 0.05) is 13.1 Å². The van der Waals surface area contributed by atoms with Crippen molar-refractivity contribution in [3.63, 3.8) is 0 Å². The lowest BCUT2D eigenvalue weighted by atomic mass is 9.84. The topological polar surface area (TPSA) is 43.7 Å². The molecule has 1 aliphatic heterocycles. The molecular weight excluding hydrogens is 298 g/mol. The fourth-order valence-corrected chi connectivity index (χ4v) is 3.53. The highest BCUT2D eigenvalue weighted by Gasteiger charge is 2.33. The molecule has 3 nitrogen and oxygen atoms in total. The van der Waals surface area contributed by atoms with Gasteiger partial charge in [0.25, 0.3) is 0 Å². The maximum atomic E-state index is 10.9. The molecule has 0 bridgehead atoms. The lowest BCUT2D eigenvalue weighted by Crippen LogP contribution is -2.42. The van der Waals surface area contributed by atoms with Gasteiger partial charge in [-0.05, 0) is 43.4 Å². The Kier molecular flexibility index (Phi) is 5.67. The van der Waals surface area contributed by atoms with Crippen LogP contribution in [-0.2, 0) is 5.60 Å². The molecule has 1 aliphatic rings. The van der Waals surface area contributed by atoms with Crippen molar-refractivity contribution in [3.05, 3.63) is 71.8 Å². The Balaban J connectivity index is 1.43. The van der Waals surface area contributed by atoms with Crippen LogP contribution in [0.2, 0.25) is 0 Å². The molecule has 128 valence electrons. The largest absolute Gasteiger partial charge is 0.388 e. The lowest BCUT2D eigenvalue weighted by molar-refractivity contribution is -0.0266. The highest BCUT2D eigenvalue weighted by Crippen LogP contribution is 2.32. The summed E-state index contributed by atoms with van der Waals surface area (Å²) in [4.78, 5) is 2.40. The third-order valence-electron chi connectivity index (χ3n) is 5.13. The van der Waals surface area contributed by atoms with Gasteiger partial charge in [-0.3, -0.25) is 0 Å². The van der Waals surface area contributed by atoms with Crippen LogP contribution in [0.25, 0.3) is 0 Å². The molecule has 1 atom stereocenters. The molecule has 1 unspecified atom stereocenters. The average molecular weight is 325 g/mol. The van der Waals surface area contributed by atoms with E-state index in [1.54, 1.807) is 0 Å². The highest BCUT2D eigenvalue weighted by molar-refractivity contribution is 5.23. The summed E-state index contributed by atoms with van der Waals surface area (Å²) in [6.07, 6.45) is 2.93. The zero-order valence-corrected chi connectivity index (χ0v) is 14.1. The Labute approximate surface area is 144 Å². The van der Waals surface area contributed by atoms with Crippen LogP contribution in [0.15, 0.2) is 60.7 Å². The summed E-state index contributed by atoms with van der Waals surface area (Å²) in [5.74, 6) is 0. The first-order chi connectivity index (χ1) is 11.7. The first kappa shape index (κ1) is 17.2. The van der Waals surface area contributed by atoms with E-state index in [2.05, 4.69) is 4.90 Å². The summed E-state index contributed by atoms with van der Waals surface area (Å²) >= 11 is 0. The maximum absolute atomic E-state index is 10.9. The molecule has 3 heteroatoms. The molecule has 3 rings (SSSR count). The third kappa shape index (κ3) is 4.23.